The van der Waals surface area contributed by atoms with Crippen molar-refractivity contribution in [3.8, 4) is 0 Å². The Morgan fingerprint density at radius 2 is 1.95 bits per heavy atom. The number of amides is 1. The van der Waals surface area contributed by atoms with Gasteiger partial charge in [0.15, 0.2) is 0 Å². The fraction of sp³-hybridized carbons (Fsp3) is 0.692. The van der Waals surface area contributed by atoms with Crippen LogP contribution in [0.25, 0.3) is 0 Å². The zero-order chi connectivity index (χ0) is 13.4. The van der Waals surface area contributed by atoms with E-state index in [9.17, 15) is 9.59 Å². The normalized spacial score (nSPS) is 30.2. The standard InChI is InChI=1S/C13H17N3O2S/c1-7-15-16-13(19-7)14-12(18)10-5-8-3-2-4-9(6-10)11(8)17/h8-10H,2-6H2,1H3,(H,14,16,18). The molecule has 2 aliphatic rings. The van der Waals surface area contributed by atoms with Crippen LogP contribution in [0.15, 0.2) is 0 Å². The molecule has 3 rings (SSSR count). The minimum Gasteiger partial charge on any atom is -0.300 e. The maximum Gasteiger partial charge on any atom is 0.229 e. The minimum atomic E-state index is -0.0443. The van der Waals surface area contributed by atoms with E-state index in [2.05, 4.69) is 15.5 Å². The lowest BCUT2D eigenvalue weighted by Crippen LogP contribution is -2.40. The van der Waals surface area contributed by atoms with E-state index in [1.807, 2.05) is 6.92 Å². The first-order valence-electron chi connectivity index (χ1n) is 6.78. The maximum absolute atomic E-state index is 12.2. The molecule has 0 saturated heterocycles. The van der Waals surface area contributed by atoms with E-state index in [0.717, 1.165) is 24.3 Å². The van der Waals surface area contributed by atoms with Gasteiger partial charge >= 0.3 is 0 Å². The molecule has 1 N–H and O–H groups in total. The van der Waals surface area contributed by atoms with Crippen LogP contribution in [0, 0.1) is 24.7 Å². The Labute approximate surface area is 115 Å². The topological polar surface area (TPSA) is 72.0 Å². The quantitative estimate of drug-likeness (QED) is 0.900. The van der Waals surface area contributed by atoms with E-state index in [0.29, 0.717) is 23.8 Å². The third-order valence-electron chi connectivity index (χ3n) is 4.17. The summed E-state index contributed by atoms with van der Waals surface area (Å²) in [6.07, 6.45) is 4.46. The number of rotatable bonds is 2. The van der Waals surface area contributed by atoms with E-state index in [1.165, 1.54) is 11.3 Å². The van der Waals surface area contributed by atoms with Gasteiger partial charge in [-0.05, 0) is 32.6 Å². The van der Waals surface area contributed by atoms with E-state index < -0.39 is 0 Å². The SMILES string of the molecule is Cc1nnc(NC(=O)C2CC3CCCC(C2)C3=O)s1. The molecule has 1 aromatic heterocycles. The molecule has 1 heterocycles. The smallest absolute Gasteiger partial charge is 0.229 e. The minimum absolute atomic E-state index is 0.000509. The summed E-state index contributed by atoms with van der Waals surface area (Å²) in [4.78, 5) is 24.2. The van der Waals surface area contributed by atoms with Crippen molar-refractivity contribution in [3.05, 3.63) is 5.01 Å². The summed E-state index contributed by atoms with van der Waals surface area (Å²) in [6.45, 7) is 1.86. The van der Waals surface area contributed by atoms with Crippen LogP contribution in [0.4, 0.5) is 5.13 Å². The van der Waals surface area contributed by atoms with Crippen molar-refractivity contribution in [1.29, 1.82) is 0 Å². The van der Waals surface area contributed by atoms with Gasteiger partial charge in [0.25, 0.3) is 0 Å². The van der Waals surface area contributed by atoms with Gasteiger partial charge in [-0.25, -0.2) is 0 Å². The predicted octanol–water partition coefficient (Wildman–Crippen LogP) is 2.18. The molecule has 0 aromatic carbocycles. The summed E-state index contributed by atoms with van der Waals surface area (Å²) in [5.41, 5.74) is 0. The molecule has 19 heavy (non-hydrogen) atoms. The fourth-order valence-electron chi connectivity index (χ4n) is 3.25. The average Bonchev–Trinajstić information content (AvgIpc) is 2.74. The average molecular weight is 279 g/mol. The number of carbonyl (C=O) groups excluding carboxylic acids is 2. The van der Waals surface area contributed by atoms with Crippen LogP contribution < -0.4 is 5.32 Å². The van der Waals surface area contributed by atoms with E-state index in [-0.39, 0.29) is 23.7 Å². The number of ketones is 1. The van der Waals surface area contributed by atoms with Gasteiger partial charge in [-0.2, -0.15) is 0 Å². The second-order valence-electron chi connectivity index (χ2n) is 5.51. The highest BCUT2D eigenvalue weighted by atomic mass is 32.1. The molecular formula is C13H17N3O2S. The Morgan fingerprint density at radius 3 is 2.53 bits per heavy atom. The van der Waals surface area contributed by atoms with Crippen molar-refractivity contribution < 1.29 is 9.59 Å². The zero-order valence-corrected chi connectivity index (χ0v) is 11.7. The summed E-state index contributed by atoms with van der Waals surface area (Å²) in [6, 6.07) is 0. The highest BCUT2D eigenvalue weighted by Gasteiger charge is 2.41. The number of nitrogens with zero attached hydrogens (tertiary/aromatic N) is 2. The molecule has 2 atom stereocenters. The Bertz CT molecular complexity index is 498. The number of fused-ring (bicyclic) bond motifs is 2. The van der Waals surface area contributed by atoms with Crippen LogP contribution >= 0.6 is 11.3 Å². The second-order valence-corrected chi connectivity index (χ2v) is 6.69. The highest BCUT2D eigenvalue weighted by Crippen LogP contribution is 2.40. The van der Waals surface area contributed by atoms with Crippen molar-refractivity contribution in [3.63, 3.8) is 0 Å². The molecule has 0 radical (unpaired) electrons. The van der Waals surface area contributed by atoms with Crippen molar-refractivity contribution in [1.82, 2.24) is 10.2 Å². The molecule has 102 valence electrons. The largest absolute Gasteiger partial charge is 0.300 e. The van der Waals surface area contributed by atoms with Gasteiger partial charge in [0.2, 0.25) is 11.0 Å². The summed E-state index contributed by atoms with van der Waals surface area (Å²) in [5, 5.41) is 12.0. The van der Waals surface area contributed by atoms with E-state index >= 15 is 0 Å². The van der Waals surface area contributed by atoms with Crippen LogP contribution in [0.5, 0.6) is 0 Å². The van der Waals surface area contributed by atoms with Gasteiger partial charge in [0, 0.05) is 17.8 Å². The second kappa shape index (κ2) is 5.00. The molecule has 5 nitrogen and oxygen atoms in total. The van der Waals surface area contributed by atoms with Gasteiger partial charge in [-0.15, -0.1) is 10.2 Å². The van der Waals surface area contributed by atoms with Crippen LogP contribution in [-0.4, -0.2) is 21.9 Å². The summed E-state index contributed by atoms with van der Waals surface area (Å²) < 4.78 is 0. The van der Waals surface area contributed by atoms with Crippen LogP contribution in [0.3, 0.4) is 0 Å². The Hall–Kier alpha value is -1.30. The number of aryl methyl sites for hydroxylation is 1. The Kier molecular flexibility index (Phi) is 3.35. The number of hydrogen-bond donors (Lipinski definition) is 1. The molecule has 0 aliphatic heterocycles. The molecule has 1 aromatic rings. The number of nitrogens with one attached hydrogen (secondary N) is 1. The molecular weight excluding hydrogens is 262 g/mol. The third-order valence-corrected chi connectivity index (χ3v) is 4.93. The first-order chi connectivity index (χ1) is 9.13. The lowest BCUT2D eigenvalue weighted by Gasteiger charge is -2.36. The molecule has 2 aliphatic carbocycles. The van der Waals surface area contributed by atoms with Crippen LogP contribution in [0.2, 0.25) is 0 Å². The first kappa shape index (κ1) is 12.7. The van der Waals surface area contributed by atoms with Crippen molar-refractivity contribution >= 4 is 28.2 Å². The number of hydrogen-bond acceptors (Lipinski definition) is 5. The number of carbonyl (C=O) groups is 2. The lowest BCUT2D eigenvalue weighted by atomic mass is 9.67. The molecule has 0 spiro atoms. The molecule has 1 amide bonds. The molecule has 2 unspecified atom stereocenters. The Morgan fingerprint density at radius 1 is 1.26 bits per heavy atom. The van der Waals surface area contributed by atoms with Crippen LogP contribution in [-0.2, 0) is 9.59 Å². The molecule has 6 heteroatoms. The van der Waals surface area contributed by atoms with Crippen molar-refractivity contribution in [2.45, 2.75) is 39.0 Å². The Balaban J connectivity index is 1.66. The van der Waals surface area contributed by atoms with Gasteiger partial charge in [0.1, 0.15) is 10.8 Å². The van der Waals surface area contributed by atoms with Crippen LogP contribution in [0.1, 0.15) is 37.1 Å². The first-order valence-corrected chi connectivity index (χ1v) is 7.60. The summed E-state index contributed by atoms with van der Waals surface area (Å²) in [5.74, 6) is 0.568. The van der Waals surface area contributed by atoms with E-state index in [4.69, 9.17) is 0 Å². The fourth-order valence-corrected chi connectivity index (χ4v) is 3.84. The van der Waals surface area contributed by atoms with Crippen molar-refractivity contribution in [2.24, 2.45) is 17.8 Å². The number of anilines is 1. The lowest BCUT2D eigenvalue weighted by molar-refractivity contribution is -0.136. The predicted molar refractivity (Wildman–Crippen MR) is 71.8 cm³/mol. The summed E-state index contributed by atoms with van der Waals surface area (Å²) >= 11 is 1.38. The van der Waals surface area contributed by atoms with E-state index in [1.54, 1.807) is 0 Å². The van der Waals surface area contributed by atoms with Gasteiger partial charge in [0.05, 0.1) is 0 Å². The molecule has 2 bridgehead atoms. The number of Topliss-reactive ketones (excluding diaryl/α,β-unsaturated/α-hetero) is 1. The maximum atomic E-state index is 12.2. The summed E-state index contributed by atoms with van der Waals surface area (Å²) in [7, 11) is 0. The highest BCUT2D eigenvalue weighted by molar-refractivity contribution is 7.15. The van der Waals surface area contributed by atoms with Gasteiger partial charge in [-0.1, -0.05) is 17.8 Å². The molecule has 2 saturated carbocycles. The monoisotopic (exact) mass is 279 g/mol. The van der Waals surface area contributed by atoms with Gasteiger partial charge in [-0.3, -0.25) is 9.59 Å². The third kappa shape index (κ3) is 2.54. The zero-order valence-electron chi connectivity index (χ0n) is 10.9. The molecule has 2 fully saturated rings. The number of aromatic nitrogens is 2. The van der Waals surface area contributed by atoms with Crippen molar-refractivity contribution in [2.75, 3.05) is 5.32 Å². The van der Waals surface area contributed by atoms with Gasteiger partial charge < -0.3 is 5.32 Å².